The van der Waals surface area contributed by atoms with E-state index in [1.807, 2.05) is 0 Å². The number of hydrogen-bond donors (Lipinski definition) is 2. The maximum Gasteiger partial charge on any atom is 0.325 e. The van der Waals surface area contributed by atoms with E-state index in [0.29, 0.717) is 10.0 Å². The normalized spacial score (nSPS) is 12.5. The largest absolute Gasteiger partial charge is 0.480 e. The van der Waals surface area contributed by atoms with E-state index in [0.717, 1.165) is 0 Å². The summed E-state index contributed by atoms with van der Waals surface area (Å²) in [7, 11) is 1.54. The Morgan fingerprint density at radius 2 is 2.29 bits per heavy atom. The number of carboxylic acids is 1. The Labute approximate surface area is 89.1 Å². The Morgan fingerprint density at radius 3 is 2.71 bits per heavy atom. The van der Waals surface area contributed by atoms with Gasteiger partial charge in [-0.05, 0) is 24.7 Å². The van der Waals surface area contributed by atoms with Gasteiger partial charge in [0.15, 0.2) is 0 Å². The minimum absolute atomic E-state index is 0.402. The standard InChI is InChI=1S/C9H9BrFNO2/c1-12-8(9(13)14)6-3-2-5(11)4-7(6)10/h2-4,8,12H,1H3,(H,13,14). The third-order valence-electron chi connectivity index (χ3n) is 1.81. The maximum absolute atomic E-state index is 12.7. The summed E-state index contributed by atoms with van der Waals surface area (Å²) in [5, 5.41) is 11.5. The molecule has 0 bridgehead atoms. The first kappa shape index (κ1) is 11.1. The Balaban J connectivity index is 3.10. The van der Waals surface area contributed by atoms with Crippen LogP contribution in [0.1, 0.15) is 11.6 Å². The quantitative estimate of drug-likeness (QED) is 0.875. The highest BCUT2D eigenvalue weighted by Crippen LogP contribution is 2.24. The lowest BCUT2D eigenvalue weighted by molar-refractivity contribution is -0.139. The molecule has 0 saturated carbocycles. The molecule has 0 fully saturated rings. The molecular formula is C9H9BrFNO2. The molecule has 1 aromatic rings. The molecular weight excluding hydrogens is 253 g/mol. The number of rotatable bonds is 3. The van der Waals surface area contributed by atoms with Gasteiger partial charge in [-0.1, -0.05) is 22.0 Å². The van der Waals surface area contributed by atoms with Crippen LogP contribution in [0.3, 0.4) is 0 Å². The predicted molar refractivity (Wildman–Crippen MR) is 53.5 cm³/mol. The first-order valence-electron chi connectivity index (χ1n) is 3.91. The number of carboxylic acid groups (broad SMARTS) is 1. The summed E-state index contributed by atoms with van der Waals surface area (Å²) in [5.74, 6) is -1.40. The summed E-state index contributed by atoms with van der Waals surface area (Å²) in [6.07, 6.45) is 0. The van der Waals surface area contributed by atoms with Gasteiger partial charge < -0.3 is 10.4 Å². The fourth-order valence-corrected chi connectivity index (χ4v) is 1.73. The monoisotopic (exact) mass is 261 g/mol. The molecule has 1 aromatic carbocycles. The molecule has 0 aliphatic rings. The first-order valence-corrected chi connectivity index (χ1v) is 4.70. The second-order valence-electron chi connectivity index (χ2n) is 2.73. The minimum atomic E-state index is -1.00. The Hall–Kier alpha value is -0.940. The van der Waals surface area contributed by atoms with E-state index >= 15 is 0 Å². The van der Waals surface area contributed by atoms with Crippen molar-refractivity contribution < 1.29 is 14.3 Å². The van der Waals surface area contributed by atoms with Crippen molar-refractivity contribution in [3.63, 3.8) is 0 Å². The van der Waals surface area contributed by atoms with Gasteiger partial charge in [-0.2, -0.15) is 0 Å². The topological polar surface area (TPSA) is 49.3 Å². The molecule has 14 heavy (non-hydrogen) atoms. The number of benzene rings is 1. The lowest BCUT2D eigenvalue weighted by Crippen LogP contribution is -2.25. The molecule has 1 atom stereocenters. The van der Waals surface area contributed by atoms with Crippen LogP contribution in [0.25, 0.3) is 0 Å². The summed E-state index contributed by atoms with van der Waals surface area (Å²) < 4.78 is 13.2. The molecule has 3 nitrogen and oxygen atoms in total. The van der Waals surface area contributed by atoms with Crippen molar-refractivity contribution in [1.82, 2.24) is 5.32 Å². The Kier molecular flexibility index (Phi) is 3.60. The van der Waals surface area contributed by atoms with Crippen LogP contribution in [0.5, 0.6) is 0 Å². The number of aliphatic carboxylic acids is 1. The molecule has 1 unspecified atom stereocenters. The average Bonchev–Trinajstić information content (AvgIpc) is 2.09. The molecule has 0 aromatic heterocycles. The van der Waals surface area contributed by atoms with Crippen molar-refractivity contribution in [1.29, 1.82) is 0 Å². The summed E-state index contributed by atoms with van der Waals surface area (Å²) in [4.78, 5) is 10.8. The highest BCUT2D eigenvalue weighted by atomic mass is 79.9. The highest BCUT2D eigenvalue weighted by molar-refractivity contribution is 9.10. The maximum atomic E-state index is 12.7. The van der Waals surface area contributed by atoms with Crippen molar-refractivity contribution in [3.8, 4) is 0 Å². The van der Waals surface area contributed by atoms with Crippen molar-refractivity contribution in [3.05, 3.63) is 34.1 Å². The summed E-state index contributed by atoms with van der Waals surface area (Å²) in [6, 6.07) is 3.08. The molecule has 5 heteroatoms. The van der Waals surface area contributed by atoms with E-state index in [-0.39, 0.29) is 0 Å². The fourth-order valence-electron chi connectivity index (χ4n) is 1.15. The molecule has 76 valence electrons. The minimum Gasteiger partial charge on any atom is -0.480 e. The van der Waals surface area contributed by atoms with Gasteiger partial charge in [-0.25, -0.2) is 4.39 Å². The number of likely N-dealkylation sites (N-methyl/N-ethyl adjacent to an activating group) is 1. The number of halogens is 2. The van der Waals surface area contributed by atoms with Gasteiger partial charge in [0.05, 0.1) is 0 Å². The van der Waals surface area contributed by atoms with Gasteiger partial charge in [-0.3, -0.25) is 4.79 Å². The summed E-state index contributed by atoms with van der Waals surface area (Å²) in [6.45, 7) is 0. The molecule has 0 spiro atoms. The van der Waals surface area contributed by atoms with Gasteiger partial charge in [0.2, 0.25) is 0 Å². The van der Waals surface area contributed by atoms with Crippen LogP contribution in [0.15, 0.2) is 22.7 Å². The smallest absolute Gasteiger partial charge is 0.325 e. The SMILES string of the molecule is CNC(C(=O)O)c1ccc(F)cc1Br. The van der Waals surface area contributed by atoms with Crippen molar-refractivity contribution in [2.24, 2.45) is 0 Å². The van der Waals surface area contributed by atoms with E-state index in [9.17, 15) is 9.18 Å². The van der Waals surface area contributed by atoms with Crippen LogP contribution in [-0.2, 0) is 4.79 Å². The third-order valence-corrected chi connectivity index (χ3v) is 2.50. The van der Waals surface area contributed by atoms with Crippen LogP contribution < -0.4 is 5.32 Å². The second-order valence-corrected chi connectivity index (χ2v) is 3.58. The molecule has 0 saturated heterocycles. The average molecular weight is 262 g/mol. The molecule has 2 N–H and O–H groups in total. The Morgan fingerprint density at radius 1 is 1.64 bits per heavy atom. The molecule has 0 aliphatic carbocycles. The van der Waals surface area contributed by atoms with Gasteiger partial charge in [0.1, 0.15) is 11.9 Å². The van der Waals surface area contributed by atoms with Crippen molar-refractivity contribution >= 4 is 21.9 Å². The number of hydrogen-bond acceptors (Lipinski definition) is 2. The van der Waals surface area contributed by atoms with Crippen LogP contribution in [0, 0.1) is 5.82 Å². The van der Waals surface area contributed by atoms with E-state index in [4.69, 9.17) is 5.11 Å². The predicted octanol–water partition coefficient (Wildman–Crippen LogP) is 1.93. The summed E-state index contributed by atoms with van der Waals surface area (Å²) >= 11 is 3.11. The fraction of sp³-hybridized carbons (Fsp3) is 0.222. The zero-order valence-corrected chi connectivity index (χ0v) is 9.01. The zero-order valence-electron chi connectivity index (χ0n) is 7.42. The lowest BCUT2D eigenvalue weighted by atomic mass is 10.1. The van der Waals surface area contributed by atoms with Crippen LogP contribution in [-0.4, -0.2) is 18.1 Å². The van der Waals surface area contributed by atoms with Crippen LogP contribution in [0.4, 0.5) is 4.39 Å². The number of carbonyl (C=O) groups is 1. The molecule has 0 heterocycles. The van der Waals surface area contributed by atoms with Gasteiger partial charge in [-0.15, -0.1) is 0 Å². The third kappa shape index (κ3) is 2.30. The second kappa shape index (κ2) is 4.52. The van der Waals surface area contributed by atoms with Crippen molar-refractivity contribution in [2.75, 3.05) is 7.05 Å². The Bertz CT molecular complexity index is 357. The first-order chi connectivity index (χ1) is 6.56. The van der Waals surface area contributed by atoms with Crippen molar-refractivity contribution in [2.45, 2.75) is 6.04 Å². The van der Waals surface area contributed by atoms with Gasteiger partial charge >= 0.3 is 5.97 Å². The van der Waals surface area contributed by atoms with E-state index in [2.05, 4.69) is 21.2 Å². The number of nitrogens with one attached hydrogen (secondary N) is 1. The van der Waals surface area contributed by atoms with Gasteiger partial charge in [0, 0.05) is 4.47 Å². The zero-order chi connectivity index (χ0) is 10.7. The molecule has 1 rings (SSSR count). The highest BCUT2D eigenvalue weighted by Gasteiger charge is 2.19. The lowest BCUT2D eigenvalue weighted by Gasteiger charge is -2.13. The summed E-state index contributed by atoms with van der Waals surface area (Å²) in [5.41, 5.74) is 0.501. The van der Waals surface area contributed by atoms with E-state index in [1.165, 1.54) is 25.2 Å². The van der Waals surface area contributed by atoms with Crippen LogP contribution in [0.2, 0.25) is 0 Å². The molecule has 0 radical (unpaired) electrons. The molecule has 0 amide bonds. The van der Waals surface area contributed by atoms with E-state index < -0.39 is 17.8 Å². The molecule has 0 aliphatic heterocycles. The van der Waals surface area contributed by atoms with Crippen LogP contribution >= 0.6 is 15.9 Å². The van der Waals surface area contributed by atoms with E-state index in [1.54, 1.807) is 0 Å². The van der Waals surface area contributed by atoms with Gasteiger partial charge in [0.25, 0.3) is 0 Å².